The minimum Gasteiger partial charge on any atom is -0.337 e. The first-order valence-electron chi connectivity index (χ1n) is 12.1. The summed E-state index contributed by atoms with van der Waals surface area (Å²) in [4.78, 5) is 20.2. The Kier molecular flexibility index (Phi) is 9.06. The van der Waals surface area contributed by atoms with Crippen molar-refractivity contribution in [1.29, 1.82) is 0 Å². The van der Waals surface area contributed by atoms with Gasteiger partial charge in [-0.1, -0.05) is 55.4 Å². The summed E-state index contributed by atoms with van der Waals surface area (Å²) in [5, 5.41) is 10.0. The fraction of sp³-hybridized carbons (Fsp3) is 0.393. The van der Waals surface area contributed by atoms with E-state index in [9.17, 15) is 4.79 Å². The summed E-state index contributed by atoms with van der Waals surface area (Å²) < 4.78 is 2.16. The third kappa shape index (κ3) is 7.98. The molecule has 35 heavy (non-hydrogen) atoms. The van der Waals surface area contributed by atoms with Crippen LogP contribution in [0.2, 0.25) is 0 Å². The van der Waals surface area contributed by atoms with Crippen molar-refractivity contribution in [3.8, 4) is 0 Å². The third-order valence-corrected chi connectivity index (χ3v) is 6.49. The minimum absolute atomic E-state index is 0.173. The first-order valence-corrected chi connectivity index (χ1v) is 12.1. The van der Waals surface area contributed by atoms with Crippen LogP contribution in [0.5, 0.6) is 0 Å². The van der Waals surface area contributed by atoms with Gasteiger partial charge in [0, 0.05) is 25.0 Å². The molecule has 3 rings (SSSR count). The number of nitrogens with one attached hydrogen (secondary N) is 1. The maximum absolute atomic E-state index is 12.1. The van der Waals surface area contributed by atoms with Gasteiger partial charge in [0.25, 0.3) is 5.91 Å². The lowest BCUT2D eigenvalue weighted by molar-refractivity contribution is -0.112. The Balaban J connectivity index is 1.61. The SMILES string of the molecule is CC1=C(/C=C/C(C)=C/C=C/C(C)=C/C(=O)Nc2nccnn2)C(C)(C)CCC1CCn1ccnc1. The molecule has 1 atom stereocenters. The summed E-state index contributed by atoms with van der Waals surface area (Å²) in [6.45, 7) is 12.0. The van der Waals surface area contributed by atoms with Gasteiger partial charge < -0.3 is 4.57 Å². The number of carbonyl (C=O) groups is 1. The van der Waals surface area contributed by atoms with Crippen molar-refractivity contribution in [2.45, 2.75) is 60.4 Å². The number of hydrogen-bond donors (Lipinski definition) is 1. The quantitative estimate of drug-likeness (QED) is 0.365. The van der Waals surface area contributed by atoms with E-state index in [1.54, 1.807) is 0 Å². The van der Waals surface area contributed by atoms with Gasteiger partial charge >= 0.3 is 0 Å². The molecule has 0 radical (unpaired) electrons. The van der Waals surface area contributed by atoms with E-state index in [0.29, 0.717) is 5.92 Å². The van der Waals surface area contributed by atoms with Gasteiger partial charge in [-0.3, -0.25) is 10.1 Å². The van der Waals surface area contributed by atoms with Gasteiger partial charge in [0.15, 0.2) is 0 Å². The summed E-state index contributed by atoms with van der Waals surface area (Å²) in [7, 11) is 0. The highest BCUT2D eigenvalue weighted by molar-refractivity contribution is 5.98. The fourth-order valence-corrected chi connectivity index (χ4v) is 4.41. The molecule has 7 heteroatoms. The van der Waals surface area contributed by atoms with Crippen LogP contribution in [-0.2, 0) is 11.3 Å². The van der Waals surface area contributed by atoms with Gasteiger partial charge in [-0.25, -0.2) is 9.97 Å². The average molecular weight is 473 g/mol. The Morgan fingerprint density at radius 2 is 2.03 bits per heavy atom. The van der Waals surface area contributed by atoms with E-state index in [-0.39, 0.29) is 17.3 Å². The Hall–Kier alpha value is -3.61. The van der Waals surface area contributed by atoms with E-state index in [0.717, 1.165) is 24.1 Å². The van der Waals surface area contributed by atoms with Gasteiger partial charge in [0.05, 0.1) is 18.7 Å². The van der Waals surface area contributed by atoms with Crippen LogP contribution in [0.1, 0.15) is 53.9 Å². The number of anilines is 1. The lowest BCUT2D eigenvalue weighted by Crippen LogP contribution is -2.25. The summed E-state index contributed by atoms with van der Waals surface area (Å²) in [6, 6.07) is 0. The van der Waals surface area contributed by atoms with E-state index >= 15 is 0 Å². The van der Waals surface area contributed by atoms with E-state index in [4.69, 9.17) is 0 Å². The first kappa shape index (κ1) is 26.0. The van der Waals surface area contributed by atoms with Crippen LogP contribution >= 0.6 is 0 Å². The van der Waals surface area contributed by atoms with Crippen LogP contribution in [0.25, 0.3) is 0 Å². The summed E-state index contributed by atoms with van der Waals surface area (Å²) >= 11 is 0. The first-order chi connectivity index (χ1) is 16.7. The standard InChI is InChI=1S/C28H36N6O/c1-21(7-6-8-22(2)19-26(35)32-27-30-14-15-31-33-27)9-10-25-23(3)24(11-13-28(25,4)5)12-17-34-18-16-29-20-34/h6-10,14-16,18-20,24H,11-13,17H2,1-5H3,(H,30,32,33,35)/b8-6+,10-9+,21-7+,22-19+. The van der Waals surface area contributed by atoms with E-state index in [1.165, 1.54) is 42.5 Å². The second-order valence-electron chi connectivity index (χ2n) is 9.75. The number of aromatic nitrogens is 5. The normalized spacial score (nSPS) is 19.1. The van der Waals surface area contributed by atoms with Crippen LogP contribution in [-0.4, -0.2) is 30.6 Å². The van der Waals surface area contributed by atoms with Crippen LogP contribution in [0.15, 0.2) is 89.9 Å². The predicted octanol–water partition coefficient (Wildman–Crippen LogP) is 5.85. The number of allylic oxidation sites excluding steroid dienone is 9. The Morgan fingerprint density at radius 1 is 1.20 bits per heavy atom. The van der Waals surface area contributed by atoms with Gasteiger partial charge in [-0.05, 0) is 62.5 Å². The summed E-state index contributed by atoms with van der Waals surface area (Å²) in [6.07, 6.45) is 24.2. The predicted molar refractivity (Wildman–Crippen MR) is 140 cm³/mol. The molecular weight excluding hydrogens is 436 g/mol. The van der Waals surface area contributed by atoms with Crippen molar-refractivity contribution in [3.63, 3.8) is 0 Å². The van der Waals surface area contributed by atoms with Crippen LogP contribution < -0.4 is 5.32 Å². The molecule has 1 aliphatic rings. The average Bonchev–Trinajstić information content (AvgIpc) is 3.32. The smallest absolute Gasteiger partial charge is 0.251 e. The number of imidazole rings is 1. The topological polar surface area (TPSA) is 85.6 Å². The van der Waals surface area contributed by atoms with Gasteiger partial charge in [0.2, 0.25) is 5.95 Å². The third-order valence-electron chi connectivity index (χ3n) is 6.49. The number of carbonyl (C=O) groups excluding carboxylic acids is 1. The zero-order chi connectivity index (χ0) is 25.3. The molecule has 0 saturated carbocycles. The molecule has 1 unspecified atom stereocenters. The zero-order valence-electron chi connectivity index (χ0n) is 21.4. The summed E-state index contributed by atoms with van der Waals surface area (Å²) in [5.41, 5.74) is 5.10. The number of nitrogens with zero attached hydrogens (tertiary/aromatic N) is 5. The number of aryl methyl sites for hydroxylation is 1. The minimum atomic E-state index is -0.287. The maximum Gasteiger partial charge on any atom is 0.251 e. The van der Waals surface area contributed by atoms with Gasteiger partial charge in [0.1, 0.15) is 0 Å². The monoisotopic (exact) mass is 472 g/mol. The second kappa shape index (κ2) is 12.2. The van der Waals surface area contributed by atoms with Crippen molar-refractivity contribution in [2.75, 3.05) is 5.32 Å². The molecular formula is C28H36N6O. The van der Waals surface area contributed by atoms with E-state index in [1.807, 2.05) is 37.8 Å². The van der Waals surface area contributed by atoms with Crippen molar-refractivity contribution >= 4 is 11.9 Å². The van der Waals surface area contributed by atoms with Crippen LogP contribution in [0, 0.1) is 11.3 Å². The molecule has 2 heterocycles. The highest BCUT2D eigenvalue weighted by atomic mass is 16.1. The fourth-order valence-electron chi connectivity index (χ4n) is 4.41. The Bertz CT molecular complexity index is 1140. The van der Waals surface area contributed by atoms with Crippen molar-refractivity contribution in [2.24, 2.45) is 11.3 Å². The molecule has 0 fully saturated rings. The van der Waals surface area contributed by atoms with Crippen molar-refractivity contribution < 1.29 is 4.79 Å². The van der Waals surface area contributed by atoms with E-state index < -0.39 is 0 Å². The Labute approximate surface area is 208 Å². The maximum atomic E-state index is 12.1. The van der Waals surface area contributed by atoms with Gasteiger partial charge in [-0.2, -0.15) is 5.10 Å². The lowest BCUT2D eigenvalue weighted by Gasteiger charge is -2.37. The number of rotatable bonds is 9. The van der Waals surface area contributed by atoms with Crippen LogP contribution in [0.4, 0.5) is 5.95 Å². The molecule has 0 bridgehead atoms. The molecule has 2 aromatic rings. The van der Waals surface area contributed by atoms with Crippen LogP contribution in [0.3, 0.4) is 0 Å². The highest BCUT2D eigenvalue weighted by Gasteiger charge is 2.31. The molecule has 7 nitrogen and oxygen atoms in total. The largest absolute Gasteiger partial charge is 0.337 e. The molecule has 0 aromatic carbocycles. The zero-order valence-corrected chi connectivity index (χ0v) is 21.4. The number of amides is 1. The molecule has 184 valence electrons. The molecule has 1 N–H and O–H groups in total. The summed E-state index contributed by atoms with van der Waals surface area (Å²) in [5.74, 6) is 0.501. The molecule has 0 aliphatic heterocycles. The molecule has 1 aliphatic carbocycles. The lowest BCUT2D eigenvalue weighted by atomic mass is 9.68. The molecule has 0 saturated heterocycles. The van der Waals surface area contributed by atoms with Crippen molar-refractivity contribution in [3.05, 3.63) is 89.9 Å². The van der Waals surface area contributed by atoms with E-state index in [2.05, 4.69) is 76.0 Å². The highest BCUT2D eigenvalue weighted by Crippen LogP contribution is 2.44. The molecule has 0 spiro atoms. The van der Waals surface area contributed by atoms with Crippen molar-refractivity contribution in [1.82, 2.24) is 24.7 Å². The molecule has 2 aromatic heterocycles. The second-order valence-corrected chi connectivity index (χ2v) is 9.75. The molecule has 1 amide bonds. The number of hydrogen-bond acceptors (Lipinski definition) is 5. The van der Waals surface area contributed by atoms with Gasteiger partial charge in [-0.15, -0.1) is 5.10 Å². The Morgan fingerprint density at radius 3 is 2.74 bits per heavy atom.